The molecular formula is C23H28N2O4. The van der Waals surface area contributed by atoms with Crippen molar-refractivity contribution < 1.29 is 19.1 Å². The van der Waals surface area contributed by atoms with E-state index in [4.69, 9.17) is 9.47 Å². The number of aldehydes is 1. The molecular weight excluding hydrogens is 368 g/mol. The molecule has 0 saturated heterocycles. The number of carbonyl (C=O) groups is 2. The van der Waals surface area contributed by atoms with Crippen molar-refractivity contribution in [2.45, 2.75) is 50.7 Å². The van der Waals surface area contributed by atoms with E-state index in [2.05, 4.69) is 16.4 Å². The Hall–Kier alpha value is -2.73. The normalized spacial score (nSPS) is 21.5. The van der Waals surface area contributed by atoms with E-state index in [-0.39, 0.29) is 12.1 Å². The third kappa shape index (κ3) is 5.87. The molecule has 154 valence electrons. The molecule has 2 atom stereocenters. The molecule has 6 nitrogen and oxygen atoms in total. The molecule has 0 saturated carbocycles. The molecule has 0 fully saturated rings. The maximum Gasteiger partial charge on any atom is 0.207 e. The third-order valence-electron chi connectivity index (χ3n) is 5.32. The van der Waals surface area contributed by atoms with E-state index in [1.54, 1.807) is 7.11 Å². The van der Waals surface area contributed by atoms with E-state index in [0.717, 1.165) is 56.3 Å². The number of amides is 1. The summed E-state index contributed by atoms with van der Waals surface area (Å²) in [4.78, 5) is 26.1. The predicted molar refractivity (Wildman–Crippen MR) is 112 cm³/mol. The molecule has 2 aliphatic rings. The topological polar surface area (TPSA) is 77.0 Å². The molecule has 1 amide bonds. The lowest BCUT2D eigenvalue weighted by Gasteiger charge is -2.27. The standard InChI is InChI=1S/C23H28N2O4/c1-28-22-12-19-5-2-6-20(25-16-27)14-24-21(19)13-23(22)29-11-3-4-17-7-9-18(15-26)10-8-17/h7-10,12,14-16,20,23H,2-6,11,13H2,1H3,(H,25,27). The molecule has 29 heavy (non-hydrogen) atoms. The summed E-state index contributed by atoms with van der Waals surface area (Å²) >= 11 is 0. The van der Waals surface area contributed by atoms with Crippen molar-refractivity contribution in [2.75, 3.05) is 13.7 Å². The Labute approximate surface area is 171 Å². The number of allylic oxidation sites excluding steroid dienone is 2. The van der Waals surface area contributed by atoms with Crippen molar-refractivity contribution in [2.24, 2.45) is 4.99 Å². The van der Waals surface area contributed by atoms with Crippen LogP contribution < -0.4 is 5.32 Å². The summed E-state index contributed by atoms with van der Waals surface area (Å²) in [7, 11) is 1.68. The van der Waals surface area contributed by atoms with Crippen LogP contribution in [0.2, 0.25) is 0 Å². The number of aliphatic imine (C=N–C) groups is 1. The van der Waals surface area contributed by atoms with Gasteiger partial charge in [0.2, 0.25) is 6.41 Å². The highest BCUT2D eigenvalue weighted by Gasteiger charge is 2.25. The fourth-order valence-corrected chi connectivity index (χ4v) is 3.68. The van der Waals surface area contributed by atoms with Gasteiger partial charge in [-0.3, -0.25) is 14.6 Å². The predicted octanol–water partition coefficient (Wildman–Crippen LogP) is 3.37. The Kier molecular flexibility index (Phi) is 7.76. The van der Waals surface area contributed by atoms with Crippen LogP contribution in [0, 0.1) is 0 Å². The minimum atomic E-state index is -0.148. The summed E-state index contributed by atoms with van der Waals surface area (Å²) in [6.45, 7) is 0.614. The Balaban J connectivity index is 1.56. The molecule has 0 radical (unpaired) electrons. The van der Waals surface area contributed by atoms with Gasteiger partial charge in [0.15, 0.2) is 0 Å². The Morgan fingerprint density at radius 1 is 1.24 bits per heavy atom. The fourth-order valence-electron chi connectivity index (χ4n) is 3.68. The van der Waals surface area contributed by atoms with Gasteiger partial charge in [-0.05, 0) is 49.3 Å². The summed E-state index contributed by atoms with van der Waals surface area (Å²) in [5, 5.41) is 2.80. The van der Waals surface area contributed by atoms with Crippen LogP contribution in [-0.2, 0) is 20.7 Å². The smallest absolute Gasteiger partial charge is 0.207 e. The zero-order chi connectivity index (χ0) is 20.5. The van der Waals surface area contributed by atoms with E-state index in [9.17, 15) is 9.59 Å². The Morgan fingerprint density at radius 3 is 2.79 bits per heavy atom. The van der Waals surface area contributed by atoms with Crippen LogP contribution >= 0.6 is 0 Å². The van der Waals surface area contributed by atoms with Crippen LogP contribution in [0.4, 0.5) is 0 Å². The second-order valence-corrected chi connectivity index (χ2v) is 7.31. The fraction of sp³-hybridized carbons (Fsp3) is 0.435. The van der Waals surface area contributed by atoms with Gasteiger partial charge in [-0.15, -0.1) is 0 Å². The summed E-state index contributed by atoms with van der Waals surface area (Å²) in [5.74, 6) is 0.845. The Bertz CT molecular complexity index is 796. The summed E-state index contributed by atoms with van der Waals surface area (Å²) in [6.07, 6.45) is 10.6. The average Bonchev–Trinajstić information content (AvgIpc) is 2.74. The van der Waals surface area contributed by atoms with Gasteiger partial charge in [0.25, 0.3) is 0 Å². The molecule has 1 heterocycles. The SMILES string of the molecule is COC1=CC2=C(CC1OCCCc1ccc(C=O)cc1)N=CC(NC=O)CCC2. The van der Waals surface area contributed by atoms with Crippen LogP contribution in [0.3, 0.4) is 0 Å². The lowest BCUT2D eigenvalue weighted by atomic mass is 9.93. The number of nitrogens with one attached hydrogen (secondary N) is 1. The summed E-state index contributed by atoms with van der Waals surface area (Å²) in [6, 6.07) is 7.62. The molecule has 1 aliphatic heterocycles. The molecule has 0 spiro atoms. The number of carbonyl (C=O) groups excluding carboxylic acids is 2. The van der Waals surface area contributed by atoms with Gasteiger partial charge >= 0.3 is 0 Å². The number of ether oxygens (including phenoxy) is 2. The van der Waals surface area contributed by atoms with Crippen molar-refractivity contribution >= 4 is 18.9 Å². The number of aryl methyl sites for hydroxylation is 1. The van der Waals surface area contributed by atoms with Crippen molar-refractivity contribution in [3.05, 3.63) is 58.5 Å². The minimum absolute atomic E-state index is 0.0145. The van der Waals surface area contributed by atoms with Crippen LogP contribution in [0.1, 0.15) is 48.0 Å². The lowest BCUT2D eigenvalue weighted by Crippen LogP contribution is -2.30. The van der Waals surface area contributed by atoms with Crippen LogP contribution in [0.15, 0.2) is 52.4 Å². The second-order valence-electron chi connectivity index (χ2n) is 7.31. The number of nitrogens with zero attached hydrogens (tertiary/aromatic N) is 1. The maximum absolute atomic E-state index is 10.7. The zero-order valence-electron chi connectivity index (χ0n) is 16.8. The van der Waals surface area contributed by atoms with Crippen LogP contribution in [0.25, 0.3) is 0 Å². The largest absolute Gasteiger partial charge is 0.498 e. The van der Waals surface area contributed by atoms with Gasteiger partial charge in [-0.2, -0.15) is 0 Å². The first-order valence-electron chi connectivity index (χ1n) is 10.1. The van der Waals surface area contributed by atoms with Gasteiger partial charge < -0.3 is 14.8 Å². The number of rotatable bonds is 9. The van der Waals surface area contributed by atoms with E-state index < -0.39 is 0 Å². The zero-order valence-corrected chi connectivity index (χ0v) is 16.8. The van der Waals surface area contributed by atoms with Gasteiger partial charge in [0, 0.05) is 30.5 Å². The lowest BCUT2D eigenvalue weighted by molar-refractivity contribution is -0.109. The maximum atomic E-state index is 10.7. The molecule has 0 bridgehead atoms. The van der Waals surface area contributed by atoms with E-state index in [0.29, 0.717) is 18.6 Å². The van der Waals surface area contributed by atoms with E-state index >= 15 is 0 Å². The first-order valence-corrected chi connectivity index (χ1v) is 10.1. The summed E-state index contributed by atoms with van der Waals surface area (Å²) in [5.41, 5.74) is 4.08. The van der Waals surface area contributed by atoms with Crippen molar-refractivity contribution in [3.8, 4) is 0 Å². The van der Waals surface area contributed by atoms with Crippen molar-refractivity contribution in [3.63, 3.8) is 0 Å². The highest BCUT2D eigenvalue weighted by atomic mass is 16.5. The van der Waals surface area contributed by atoms with Gasteiger partial charge in [0.1, 0.15) is 18.1 Å². The van der Waals surface area contributed by atoms with Crippen LogP contribution in [0.5, 0.6) is 0 Å². The molecule has 1 aliphatic carbocycles. The molecule has 1 aromatic carbocycles. The molecule has 2 unspecified atom stereocenters. The summed E-state index contributed by atoms with van der Waals surface area (Å²) < 4.78 is 11.7. The van der Waals surface area contributed by atoms with Gasteiger partial charge in [-0.1, -0.05) is 24.3 Å². The molecule has 1 aromatic rings. The molecule has 0 aromatic heterocycles. The van der Waals surface area contributed by atoms with E-state index in [1.165, 1.54) is 11.1 Å². The third-order valence-corrected chi connectivity index (χ3v) is 5.32. The van der Waals surface area contributed by atoms with Crippen molar-refractivity contribution in [1.82, 2.24) is 5.32 Å². The van der Waals surface area contributed by atoms with E-state index in [1.807, 2.05) is 30.5 Å². The molecule has 6 heteroatoms. The number of benzene rings is 1. The highest BCUT2D eigenvalue weighted by Crippen LogP contribution is 2.31. The van der Waals surface area contributed by atoms with Crippen LogP contribution in [-0.4, -0.2) is 44.8 Å². The first-order chi connectivity index (χ1) is 14.2. The van der Waals surface area contributed by atoms with Gasteiger partial charge in [-0.25, -0.2) is 0 Å². The number of hydrogen-bond acceptors (Lipinski definition) is 5. The molecule has 3 rings (SSSR count). The minimum Gasteiger partial charge on any atom is -0.498 e. The average molecular weight is 396 g/mol. The number of methoxy groups -OCH3 is 1. The molecule has 1 N–H and O–H groups in total. The number of hydrogen-bond donors (Lipinski definition) is 1. The quantitative estimate of drug-likeness (QED) is 0.513. The highest BCUT2D eigenvalue weighted by molar-refractivity contribution is 5.74. The van der Waals surface area contributed by atoms with Gasteiger partial charge in [0.05, 0.1) is 13.2 Å². The monoisotopic (exact) mass is 396 g/mol. The second kappa shape index (κ2) is 10.7. The first kappa shape index (κ1) is 21.0. The Morgan fingerprint density at radius 2 is 2.07 bits per heavy atom. The van der Waals surface area contributed by atoms with Crippen molar-refractivity contribution in [1.29, 1.82) is 0 Å².